The van der Waals surface area contributed by atoms with Gasteiger partial charge in [0, 0.05) is 38.4 Å². The number of nitrogens with zero attached hydrogens (tertiary/aromatic N) is 2. The maximum atomic E-state index is 2.54. The van der Waals surface area contributed by atoms with Gasteiger partial charge in [0.2, 0.25) is 0 Å². The summed E-state index contributed by atoms with van der Waals surface area (Å²) in [4.78, 5) is 0. The van der Waals surface area contributed by atoms with E-state index >= 15 is 0 Å². The molecule has 0 atom stereocenters. The normalized spacial score (nSPS) is 13.1. The average molecular weight is 492 g/mol. The molecule has 3 heteroatoms. The number of hydrogen-bond donors (Lipinski definition) is 0. The van der Waals surface area contributed by atoms with Crippen molar-refractivity contribution in [3.63, 3.8) is 0 Å². The van der Waals surface area contributed by atoms with Gasteiger partial charge in [0.05, 0.1) is 16.6 Å². The number of hydrogen-bond acceptors (Lipinski definition) is 0. The van der Waals surface area contributed by atoms with Gasteiger partial charge in [0.15, 0.2) is 0 Å². The summed E-state index contributed by atoms with van der Waals surface area (Å²) in [6.45, 7) is 0.146. The van der Waals surface area contributed by atoms with Gasteiger partial charge >= 0.3 is 0 Å². The Bertz CT molecular complexity index is 2340. The number of rotatable bonds is 1. The predicted octanol–water partition coefficient (Wildman–Crippen LogP) is 6.69. The van der Waals surface area contributed by atoms with Crippen LogP contribution in [0.5, 0.6) is 0 Å². The van der Waals surface area contributed by atoms with Crippen LogP contribution in [0.4, 0.5) is 0 Å². The molecule has 2 aromatic heterocycles. The second-order valence-electron chi connectivity index (χ2n) is 10.9. The van der Waals surface area contributed by atoms with Crippen molar-refractivity contribution >= 4 is 66.7 Å². The molecule has 0 N–H and O–H groups in total. The number of para-hydroxylation sites is 3. The van der Waals surface area contributed by atoms with E-state index in [2.05, 4.69) is 137 Å². The van der Waals surface area contributed by atoms with E-state index in [-0.39, 0.29) is 6.71 Å². The van der Waals surface area contributed by atoms with Gasteiger partial charge in [-0.15, -0.1) is 0 Å². The first kappa shape index (κ1) is 20.0. The molecule has 0 aliphatic carbocycles. The maximum Gasteiger partial charge on any atom is 0.253 e. The van der Waals surface area contributed by atoms with Crippen LogP contribution in [0.25, 0.3) is 66.1 Å². The largest absolute Gasteiger partial charge is 0.310 e. The Kier molecular flexibility index (Phi) is 3.54. The van der Waals surface area contributed by atoms with Crippen LogP contribution >= 0.6 is 0 Å². The topological polar surface area (TPSA) is 9.86 Å². The predicted molar refractivity (Wildman–Crippen MR) is 165 cm³/mol. The maximum absolute atomic E-state index is 2.54. The third-order valence-electron chi connectivity index (χ3n) is 9.12. The van der Waals surface area contributed by atoms with E-state index in [1.54, 1.807) is 0 Å². The molecule has 0 spiro atoms. The van der Waals surface area contributed by atoms with Gasteiger partial charge in [0.25, 0.3) is 6.71 Å². The zero-order chi connectivity index (χ0) is 25.2. The molecule has 0 saturated carbocycles. The van der Waals surface area contributed by atoms with Crippen LogP contribution in [0.15, 0.2) is 127 Å². The second kappa shape index (κ2) is 6.89. The molecule has 4 heterocycles. The SMILES string of the molecule is c1ccc(-c2cccc3c2B2c4cccc5c6ccccc6n(c45)-c4ccc5c6ccccc6n-3c5c42)cc1. The monoisotopic (exact) mass is 492 g/mol. The van der Waals surface area contributed by atoms with Crippen molar-refractivity contribution in [2.45, 2.75) is 0 Å². The summed E-state index contributed by atoms with van der Waals surface area (Å²) in [5.41, 5.74) is 14.6. The van der Waals surface area contributed by atoms with Gasteiger partial charge in [-0.25, -0.2) is 0 Å². The van der Waals surface area contributed by atoms with Crippen LogP contribution in [0, 0.1) is 0 Å². The van der Waals surface area contributed by atoms with Crippen molar-refractivity contribution in [2.24, 2.45) is 0 Å². The highest BCUT2D eigenvalue weighted by atomic mass is 15.0. The van der Waals surface area contributed by atoms with Crippen molar-refractivity contribution in [3.8, 4) is 22.5 Å². The van der Waals surface area contributed by atoms with Crippen LogP contribution in [-0.4, -0.2) is 15.8 Å². The molecule has 2 aliphatic rings. The van der Waals surface area contributed by atoms with Crippen LogP contribution in [0.1, 0.15) is 0 Å². The Morgan fingerprint density at radius 1 is 0.410 bits per heavy atom. The highest BCUT2D eigenvalue weighted by Gasteiger charge is 2.41. The molecule has 0 saturated heterocycles. The minimum Gasteiger partial charge on any atom is -0.310 e. The Hall–Kier alpha value is -5.02. The molecule has 10 rings (SSSR count). The van der Waals surface area contributed by atoms with Gasteiger partial charge in [-0.2, -0.15) is 0 Å². The molecule has 0 unspecified atom stereocenters. The Morgan fingerprint density at radius 2 is 1.03 bits per heavy atom. The number of fused-ring (bicyclic) bond motifs is 11. The summed E-state index contributed by atoms with van der Waals surface area (Å²) >= 11 is 0. The van der Waals surface area contributed by atoms with Crippen molar-refractivity contribution in [2.75, 3.05) is 0 Å². The van der Waals surface area contributed by atoms with Gasteiger partial charge in [-0.3, -0.25) is 0 Å². The van der Waals surface area contributed by atoms with Crippen molar-refractivity contribution in [3.05, 3.63) is 127 Å². The molecule has 0 radical (unpaired) electrons. The van der Waals surface area contributed by atoms with Crippen LogP contribution < -0.4 is 16.4 Å². The molecule has 8 aromatic rings. The van der Waals surface area contributed by atoms with Gasteiger partial charge < -0.3 is 9.13 Å². The second-order valence-corrected chi connectivity index (χ2v) is 10.9. The highest BCUT2D eigenvalue weighted by Crippen LogP contribution is 2.40. The lowest BCUT2D eigenvalue weighted by Gasteiger charge is -2.34. The Morgan fingerprint density at radius 3 is 1.82 bits per heavy atom. The summed E-state index contributed by atoms with van der Waals surface area (Å²) in [6.07, 6.45) is 0. The minimum absolute atomic E-state index is 0.146. The average Bonchev–Trinajstić information content (AvgIpc) is 3.53. The molecule has 0 bridgehead atoms. The van der Waals surface area contributed by atoms with Gasteiger partial charge in [-0.1, -0.05) is 103 Å². The van der Waals surface area contributed by atoms with Crippen molar-refractivity contribution in [1.82, 2.24) is 9.13 Å². The number of benzene rings is 6. The van der Waals surface area contributed by atoms with E-state index in [0.29, 0.717) is 0 Å². The summed E-state index contributed by atoms with van der Waals surface area (Å²) in [5, 5.41) is 5.29. The molecule has 39 heavy (non-hydrogen) atoms. The third kappa shape index (κ3) is 2.27. The lowest BCUT2D eigenvalue weighted by Crippen LogP contribution is -2.59. The molecule has 0 amide bonds. The zero-order valence-electron chi connectivity index (χ0n) is 21.1. The fraction of sp³-hybridized carbons (Fsp3) is 0. The molecule has 2 nitrogen and oxygen atoms in total. The van der Waals surface area contributed by atoms with Crippen LogP contribution in [-0.2, 0) is 0 Å². The van der Waals surface area contributed by atoms with E-state index in [1.165, 1.54) is 82.5 Å². The summed E-state index contributed by atoms with van der Waals surface area (Å²) in [6, 6.07) is 47.2. The van der Waals surface area contributed by atoms with E-state index < -0.39 is 0 Å². The molecular weight excluding hydrogens is 471 g/mol. The van der Waals surface area contributed by atoms with E-state index in [9.17, 15) is 0 Å². The van der Waals surface area contributed by atoms with E-state index in [4.69, 9.17) is 0 Å². The molecule has 6 aromatic carbocycles. The fourth-order valence-electron chi connectivity index (χ4n) is 7.71. The van der Waals surface area contributed by atoms with Crippen LogP contribution in [0.3, 0.4) is 0 Å². The third-order valence-corrected chi connectivity index (χ3v) is 9.12. The van der Waals surface area contributed by atoms with Gasteiger partial charge in [0.1, 0.15) is 0 Å². The Balaban J connectivity index is 1.50. The van der Waals surface area contributed by atoms with Crippen molar-refractivity contribution < 1.29 is 0 Å². The lowest BCUT2D eigenvalue weighted by molar-refractivity contribution is 1.16. The molecule has 178 valence electrons. The molecule has 2 aliphatic heterocycles. The fourth-order valence-corrected chi connectivity index (χ4v) is 7.71. The lowest BCUT2D eigenvalue weighted by atomic mass is 9.33. The zero-order valence-corrected chi connectivity index (χ0v) is 21.1. The number of aromatic nitrogens is 2. The highest BCUT2D eigenvalue weighted by molar-refractivity contribution is 7.01. The van der Waals surface area contributed by atoms with E-state index in [0.717, 1.165) is 0 Å². The summed E-state index contributed by atoms with van der Waals surface area (Å²) < 4.78 is 5.07. The summed E-state index contributed by atoms with van der Waals surface area (Å²) in [7, 11) is 0. The molecular formula is C36H21BN2. The van der Waals surface area contributed by atoms with Gasteiger partial charge in [-0.05, 0) is 51.8 Å². The van der Waals surface area contributed by atoms with E-state index in [1.807, 2.05) is 0 Å². The minimum atomic E-state index is 0.146. The Labute approximate surface area is 225 Å². The smallest absolute Gasteiger partial charge is 0.253 e. The van der Waals surface area contributed by atoms with Crippen LogP contribution in [0.2, 0.25) is 0 Å². The standard InChI is InChI=1S/C36H21BN2/c1-2-10-22(11-3-1)23-14-9-19-31-33(23)37-28-16-8-15-26-24-12-4-6-17-29(24)38(35(26)28)32-21-20-27-25-13-5-7-18-30(25)39(31)36(27)34(32)37/h1-21H. The first-order valence-corrected chi connectivity index (χ1v) is 13.7. The quantitative estimate of drug-likeness (QED) is 0.226. The first-order valence-electron chi connectivity index (χ1n) is 13.7. The molecule has 0 fully saturated rings. The van der Waals surface area contributed by atoms with Crippen molar-refractivity contribution in [1.29, 1.82) is 0 Å². The summed E-state index contributed by atoms with van der Waals surface area (Å²) in [5.74, 6) is 0. The first-order chi connectivity index (χ1) is 19.4.